The first-order valence-corrected chi connectivity index (χ1v) is 12.2. The van der Waals surface area contributed by atoms with E-state index in [9.17, 15) is 22.8 Å². The number of nitrogens with one attached hydrogen (secondary N) is 3. The number of benzene rings is 1. The van der Waals surface area contributed by atoms with Gasteiger partial charge in [0.2, 0.25) is 5.91 Å². The minimum absolute atomic E-state index is 0.0216. The van der Waals surface area contributed by atoms with Crippen LogP contribution in [0.25, 0.3) is 11.1 Å². The summed E-state index contributed by atoms with van der Waals surface area (Å²) in [7, 11) is 1.98. The standard InChI is InChI=1S/C27H28F3N7O2/c1-3-25(38)34-23-8-5-18(15-31-23)19-6-9-24(32-16-19)35-26(39)33-21-7-4-20(22(14-21)27(28,29)30)17-37-12-10-36(2)11-13-37/h3-9,14-16H,1,10-13,17H2,2H3,(H,31,34,38)(H2,32,33,35,39). The largest absolute Gasteiger partial charge is 0.416 e. The van der Waals surface area contributed by atoms with Crippen molar-refractivity contribution in [2.24, 2.45) is 0 Å². The van der Waals surface area contributed by atoms with E-state index >= 15 is 0 Å². The Balaban J connectivity index is 1.38. The van der Waals surface area contributed by atoms with Crippen LogP contribution >= 0.6 is 0 Å². The second-order valence-electron chi connectivity index (χ2n) is 9.09. The number of carbonyl (C=O) groups is 2. The van der Waals surface area contributed by atoms with Crippen LogP contribution in [-0.2, 0) is 17.5 Å². The van der Waals surface area contributed by atoms with Gasteiger partial charge in [-0.1, -0.05) is 12.6 Å². The van der Waals surface area contributed by atoms with Gasteiger partial charge >= 0.3 is 12.2 Å². The number of hydrogen-bond donors (Lipinski definition) is 3. The molecule has 3 heterocycles. The Bertz CT molecular complexity index is 1320. The summed E-state index contributed by atoms with van der Waals surface area (Å²) >= 11 is 0. The van der Waals surface area contributed by atoms with Crippen molar-refractivity contribution in [1.82, 2.24) is 19.8 Å². The van der Waals surface area contributed by atoms with Gasteiger partial charge in [-0.2, -0.15) is 13.2 Å². The summed E-state index contributed by atoms with van der Waals surface area (Å²) in [5.74, 6) is 0.205. The Kier molecular flexibility index (Phi) is 8.57. The van der Waals surface area contributed by atoms with Crippen molar-refractivity contribution in [3.05, 3.63) is 78.6 Å². The number of rotatable bonds is 7. The smallest absolute Gasteiger partial charge is 0.308 e. The van der Waals surface area contributed by atoms with Gasteiger partial charge in [-0.05, 0) is 55.1 Å². The molecule has 1 saturated heterocycles. The van der Waals surface area contributed by atoms with Gasteiger partial charge < -0.3 is 15.5 Å². The zero-order chi connectivity index (χ0) is 28.0. The average Bonchev–Trinajstić information content (AvgIpc) is 2.91. The maximum absolute atomic E-state index is 13.8. The van der Waals surface area contributed by atoms with Crippen LogP contribution in [0.1, 0.15) is 11.1 Å². The molecule has 1 fully saturated rings. The number of nitrogens with zero attached hydrogens (tertiary/aromatic N) is 4. The van der Waals surface area contributed by atoms with Crippen LogP contribution in [0.5, 0.6) is 0 Å². The van der Waals surface area contributed by atoms with Gasteiger partial charge in [-0.15, -0.1) is 0 Å². The van der Waals surface area contributed by atoms with E-state index in [1.807, 2.05) is 11.9 Å². The molecule has 0 aliphatic carbocycles. The van der Waals surface area contributed by atoms with Crippen LogP contribution in [0.15, 0.2) is 67.5 Å². The van der Waals surface area contributed by atoms with Crippen LogP contribution in [0.2, 0.25) is 0 Å². The molecule has 0 spiro atoms. The van der Waals surface area contributed by atoms with E-state index in [2.05, 4.69) is 37.4 Å². The molecule has 4 rings (SSSR count). The second kappa shape index (κ2) is 12.0. The molecule has 0 unspecified atom stereocenters. The van der Waals surface area contributed by atoms with E-state index < -0.39 is 17.8 Å². The minimum Gasteiger partial charge on any atom is -0.308 e. The lowest BCUT2D eigenvalue weighted by atomic mass is 10.0. The van der Waals surface area contributed by atoms with Crippen molar-refractivity contribution in [2.75, 3.05) is 49.2 Å². The molecule has 0 radical (unpaired) electrons. The fourth-order valence-corrected chi connectivity index (χ4v) is 4.04. The third-order valence-electron chi connectivity index (χ3n) is 6.20. The number of piperazine rings is 1. The SMILES string of the molecule is C=CC(=O)Nc1ccc(-c2ccc(NC(=O)Nc3ccc(CN4CCN(C)CC4)c(C(F)(F)F)c3)nc2)cn1. The number of pyridine rings is 2. The maximum Gasteiger partial charge on any atom is 0.416 e. The number of alkyl halides is 3. The Morgan fingerprint density at radius 1 is 0.923 bits per heavy atom. The van der Waals surface area contributed by atoms with Crippen LogP contribution < -0.4 is 16.0 Å². The van der Waals surface area contributed by atoms with Crippen LogP contribution in [0, 0.1) is 0 Å². The fourth-order valence-electron chi connectivity index (χ4n) is 4.04. The molecule has 12 heteroatoms. The van der Waals surface area contributed by atoms with Gasteiger partial charge in [0.15, 0.2) is 0 Å². The van der Waals surface area contributed by atoms with Crippen molar-refractivity contribution in [3.8, 4) is 11.1 Å². The van der Waals surface area contributed by atoms with Crippen molar-refractivity contribution in [1.29, 1.82) is 0 Å². The molecule has 1 aliphatic rings. The van der Waals surface area contributed by atoms with Gasteiger partial charge in [0, 0.05) is 61.9 Å². The van der Waals surface area contributed by atoms with Gasteiger partial charge in [-0.3, -0.25) is 15.0 Å². The van der Waals surface area contributed by atoms with E-state index in [0.717, 1.165) is 30.8 Å². The molecule has 1 aromatic carbocycles. The lowest BCUT2D eigenvalue weighted by molar-refractivity contribution is -0.138. The Hall–Kier alpha value is -4.29. The monoisotopic (exact) mass is 539 g/mol. The highest BCUT2D eigenvalue weighted by Gasteiger charge is 2.34. The molecule has 3 aromatic rings. The molecule has 204 valence electrons. The van der Waals surface area contributed by atoms with Crippen LogP contribution in [0.4, 0.5) is 35.3 Å². The number of carbonyl (C=O) groups excluding carboxylic acids is 2. The van der Waals surface area contributed by atoms with Gasteiger partial charge in [0.1, 0.15) is 11.6 Å². The zero-order valence-electron chi connectivity index (χ0n) is 21.3. The van der Waals surface area contributed by atoms with E-state index in [1.54, 1.807) is 30.5 Å². The Labute approximate surface area is 223 Å². The summed E-state index contributed by atoms with van der Waals surface area (Å²) in [5.41, 5.74) is 0.854. The quantitative estimate of drug-likeness (QED) is 0.377. The molecule has 9 nitrogen and oxygen atoms in total. The molecular formula is C27H28F3N7O2. The van der Waals surface area contributed by atoms with Crippen molar-refractivity contribution < 1.29 is 22.8 Å². The lowest BCUT2D eigenvalue weighted by Crippen LogP contribution is -2.44. The first kappa shape index (κ1) is 27.7. The normalized spacial score (nSPS) is 14.5. The van der Waals surface area contributed by atoms with Gasteiger partial charge in [-0.25, -0.2) is 14.8 Å². The number of likely N-dealkylation sites (N-methyl/N-ethyl adjacent to an activating group) is 1. The predicted molar refractivity (Wildman–Crippen MR) is 143 cm³/mol. The molecule has 3 amide bonds. The predicted octanol–water partition coefficient (Wildman–Crippen LogP) is 4.68. The minimum atomic E-state index is -4.56. The summed E-state index contributed by atoms with van der Waals surface area (Å²) in [6.45, 7) is 6.56. The first-order valence-electron chi connectivity index (χ1n) is 12.2. The third kappa shape index (κ3) is 7.62. The summed E-state index contributed by atoms with van der Waals surface area (Å²) in [6, 6.07) is 9.74. The summed E-state index contributed by atoms with van der Waals surface area (Å²) < 4.78 is 41.4. The molecule has 0 saturated carbocycles. The number of anilines is 3. The number of urea groups is 1. The Morgan fingerprint density at radius 2 is 1.54 bits per heavy atom. The molecule has 1 aliphatic heterocycles. The highest BCUT2D eigenvalue weighted by molar-refractivity contribution is 5.99. The van der Waals surface area contributed by atoms with Gasteiger partial charge in [0.05, 0.1) is 5.56 Å². The van der Waals surface area contributed by atoms with Crippen molar-refractivity contribution in [2.45, 2.75) is 12.7 Å². The van der Waals surface area contributed by atoms with Gasteiger partial charge in [0.25, 0.3) is 0 Å². The van der Waals surface area contributed by atoms with Crippen LogP contribution in [-0.4, -0.2) is 64.9 Å². The molecular weight excluding hydrogens is 511 g/mol. The van der Waals surface area contributed by atoms with E-state index in [0.29, 0.717) is 24.5 Å². The fraction of sp³-hybridized carbons (Fsp3) is 0.259. The molecule has 2 aromatic heterocycles. The van der Waals surface area contributed by atoms with E-state index in [1.165, 1.54) is 18.3 Å². The number of amides is 3. The summed E-state index contributed by atoms with van der Waals surface area (Å²) in [6.07, 6.45) is -0.344. The number of aromatic nitrogens is 2. The maximum atomic E-state index is 13.8. The molecule has 3 N–H and O–H groups in total. The van der Waals surface area contributed by atoms with E-state index in [4.69, 9.17) is 0 Å². The topological polar surface area (TPSA) is 102 Å². The first-order chi connectivity index (χ1) is 18.6. The highest BCUT2D eigenvalue weighted by atomic mass is 19.4. The Morgan fingerprint density at radius 3 is 2.08 bits per heavy atom. The van der Waals surface area contributed by atoms with Crippen molar-refractivity contribution >= 4 is 29.3 Å². The average molecular weight is 540 g/mol. The van der Waals surface area contributed by atoms with Crippen LogP contribution in [0.3, 0.4) is 0 Å². The number of halogens is 3. The zero-order valence-corrected chi connectivity index (χ0v) is 21.3. The molecule has 0 atom stereocenters. The van der Waals surface area contributed by atoms with E-state index in [-0.39, 0.29) is 29.5 Å². The summed E-state index contributed by atoms with van der Waals surface area (Å²) in [5, 5.41) is 7.52. The molecule has 0 bridgehead atoms. The third-order valence-corrected chi connectivity index (χ3v) is 6.20. The van der Waals surface area contributed by atoms with Crippen molar-refractivity contribution in [3.63, 3.8) is 0 Å². The number of hydrogen-bond acceptors (Lipinski definition) is 6. The molecule has 39 heavy (non-hydrogen) atoms. The summed E-state index contributed by atoms with van der Waals surface area (Å²) in [4.78, 5) is 36.3. The second-order valence-corrected chi connectivity index (χ2v) is 9.09. The highest BCUT2D eigenvalue weighted by Crippen LogP contribution is 2.34. The lowest BCUT2D eigenvalue weighted by Gasteiger charge is -2.33.